The van der Waals surface area contributed by atoms with Crippen LogP contribution < -0.4 is 5.32 Å². The number of carbonyl (C=O) groups excluding carboxylic acids is 1. The number of nitrogens with one attached hydrogen (secondary N) is 1. The Kier molecular flexibility index (Phi) is 3.69. The van der Waals surface area contributed by atoms with E-state index in [4.69, 9.17) is 5.11 Å². The molecular formula is C9H18N2O2. The van der Waals surface area contributed by atoms with Gasteiger partial charge in [-0.25, -0.2) is 0 Å². The summed E-state index contributed by atoms with van der Waals surface area (Å²) in [5.41, 5.74) is 0. The van der Waals surface area contributed by atoms with Crippen LogP contribution in [-0.4, -0.2) is 48.2 Å². The van der Waals surface area contributed by atoms with Gasteiger partial charge in [0.15, 0.2) is 0 Å². The SMILES string of the molecule is CC(CCO)NC1CCN(C)C1=O. The average molecular weight is 186 g/mol. The molecule has 13 heavy (non-hydrogen) atoms. The Morgan fingerprint density at radius 1 is 1.77 bits per heavy atom. The highest BCUT2D eigenvalue weighted by Gasteiger charge is 2.29. The summed E-state index contributed by atoms with van der Waals surface area (Å²) in [6, 6.07) is 0.178. The number of carbonyl (C=O) groups is 1. The molecule has 0 aromatic carbocycles. The minimum Gasteiger partial charge on any atom is -0.396 e. The van der Waals surface area contributed by atoms with E-state index in [2.05, 4.69) is 5.32 Å². The molecular weight excluding hydrogens is 168 g/mol. The molecule has 2 N–H and O–H groups in total. The fourth-order valence-corrected chi connectivity index (χ4v) is 1.60. The topological polar surface area (TPSA) is 52.6 Å². The van der Waals surface area contributed by atoms with Crippen LogP contribution in [0.2, 0.25) is 0 Å². The van der Waals surface area contributed by atoms with Crippen LogP contribution in [0.1, 0.15) is 19.8 Å². The van der Waals surface area contributed by atoms with E-state index in [0.29, 0.717) is 6.42 Å². The summed E-state index contributed by atoms with van der Waals surface area (Å²) in [5.74, 6) is 0.171. The van der Waals surface area contributed by atoms with E-state index in [1.165, 1.54) is 0 Å². The van der Waals surface area contributed by atoms with E-state index in [-0.39, 0.29) is 24.6 Å². The third kappa shape index (κ3) is 2.67. The van der Waals surface area contributed by atoms with Crippen LogP contribution in [0, 0.1) is 0 Å². The monoisotopic (exact) mass is 186 g/mol. The molecule has 1 aliphatic rings. The van der Waals surface area contributed by atoms with Gasteiger partial charge < -0.3 is 15.3 Å². The van der Waals surface area contributed by atoms with Crippen LogP contribution in [0.3, 0.4) is 0 Å². The summed E-state index contributed by atoms with van der Waals surface area (Å²) in [6.07, 6.45) is 1.58. The zero-order valence-electron chi connectivity index (χ0n) is 8.29. The third-order valence-electron chi connectivity index (χ3n) is 2.48. The molecule has 1 fully saturated rings. The number of hydrogen-bond donors (Lipinski definition) is 2. The van der Waals surface area contributed by atoms with Gasteiger partial charge in [-0.1, -0.05) is 0 Å². The van der Waals surface area contributed by atoms with E-state index in [1.54, 1.807) is 4.90 Å². The molecule has 0 aromatic rings. The van der Waals surface area contributed by atoms with Crippen molar-refractivity contribution in [3.05, 3.63) is 0 Å². The number of nitrogens with zero attached hydrogens (tertiary/aromatic N) is 1. The summed E-state index contributed by atoms with van der Waals surface area (Å²) in [5, 5.41) is 11.9. The standard InChI is InChI=1S/C9H18N2O2/c1-7(4-6-12)10-8-3-5-11(2)9(8)13/h7-8,10,12H,3-6H2,1-2H3. The summed E-state index contributed by atoms with van der Waals surface area (Å²) in [6.45, 7) is 3.00. The maximum Gasteiger partial charge on any atom is 0.239 e. The van der Waals surface area contributed by atoms with Crippen LogP contribution in [0.4, 0.5) is 0 Å². The molecule has 2 unspecified atom stereocenters. The van der Waals surface area contributed by atoms with Gasteiger partial charge in [-0.15, -0.1) is 0 Å². The summed E-state index contributed by atoms with van der Waals surface area (Å²) in [7, 11) is 1.82. The molecule has 2 atom stereocenters. The van der Waals surface area contributed by atoms with Crippen molar-refractivity contribution >= 4 is 5.91 Å². The van der Waals surface area contributed by atoms with E-state index in [9.17, 15) is 4.79 Å². The maximum atomic E-state index is 11.4. The zero-order chi connectivity index (χ0) is 9.84. The lowest BCUT2D eigenvalue weighted by Crippen LogP contribution is -2.42. The third-order valence-corrected chi connectivity index (χ3v) is 2.48. The van der Waals surface area contributed by atoms with Crippen molar-refractivity contribution in [2.24, 2.45) is 0 Å². The summed E-state index contributed by atoms with van der Waals surface area (Å²) >= 11 is 0. The molecule has 1 heterocycles. The number of rotatable bonds is 4. The number of aliphatic hydroxyl groups excluding tert-OH is 1. The molecule has 4 nitrogen and oxygen atoms in total. The van der Waals surface area contributed by atoms with Gasteiger partial charge in [-0.05, 0) is 19.8 Å². The van der Waals surface area contributed by atoms with Crippen LogP contribution in [0.25, 0.3) is 0 Å². The molecule has 76 valence electrons. The van der Waals surface area contributed by atoms with Crippen LogP contribution in [0.15, 0.2) is 0 Å². The van der Waals surface area contributed by atoms with Crippen molar-refractivity contribution in [1.82, 2.24) is 10.2 Å². The second kappa shape index (κ2) is 4.58. The Labute approximate surface area is 78.9 Å². The van der Waals surface area contributed by atoms with Crippen molar-refractivity contribution in [3.63, 3.8) is 0 Å². The van der Waals surface area contributed by atoms with Gasteiger partial charge in [0, 0.05) is 26.2 Å². The second-order valence-corrected chi connectivity index (χ2v) is 3.68. The lowest BCUT2D eigenvalue weighted by Gasteiger charge is -2.17. The van der Waals surface area contributed by atoms with E-state index in [1.807, 2.05) is 14.0 Å². The first-order valence-corrected chi connectivity index (χ1v) is 4.77. The van der Waals surface area contributed by atoms with Crippen molar-refractivity contribution < 1.29 is 9.90 Å². The molecule has 1 saturated heterocycles. The fourth-order valence-electron chi connectivity index (χ4n) is 1.60. The summed E-state index contributed by atoms with van der Waals surface area (Å²) in [4.78, 5) is 13.2. The largest absolute Gasteiger partial charge is 0.396 e. The molecule has 1 rings (SSSR count). The minimum atomic E-state index is -0.0356. The number of aliphatic hydroxyl groups is 1. The Balaban J connectivity index is 2.33. The summed E-state index contributed by atoms with van der Waals surface area (Å²) < 4.78 is 0. The number of amides is 1. The molecule has 0 aliphatic carbocycles. The first-order valence-electron chi connectivity index (χ1n) is 4.77. The molecule has 1 aliphatic heterocycles. The van der Waals surface area contributed by atoms with Crippen molar-refractivity contribution in [3.8, 4) is 0 Å². The normalized spacial score (nSPS) is 25.3. The Bertz CT molecular complexity index is 184. The predicted molar refractivity (Wildman–Crippen MR) is 50.3 cm³/mol. The van der Waals surface area contributed by atoms with Gasteiger partial charge in [0.25, 0.3) is 0 Å². The zero-order valence-corrected chi connectivity index (χ0v) is 8.29. The van der Waals surface area contributed by atoms with Crippen LogP contribution >= 0.6 is 0 Å². The Morgan fingerprint density at radius 2 is 2.46 bits per heavy atom. The van der Waals surface area contributed by atoms with Gasteiger partial charge >= 0.3 is 0 Å². The van der Waals surface area contributed by atoms with E-state index < -0.39 is 0 Å². The Morgan fingerprint density at radius 3 is 2.92 bits per heavy atom. The van der Waals surface area contributed by atoms with Crippen molar-refractivity contribution in [2.75, 3.05) is 20.2 Å². The molecule has 0 bridgehead atoms. The molecule has 1 amide bonds. The molecule has 0 aromatic heterocycles. The van der Waals surface area contributed by atoms with E-state index >= 15 is 0 Å². The van der Waals surface area contributed by atoms with Gasteiger partial charge in [0.1, 0.15) is 0 Å². The maximum absolute atomic E-state index is 11.4. The second-order valence-electron chi connectivity index (χ2n) is 3.68. The first kappa shape index (κ1) is 10.5. The lowest BCUT2D eigenvalue weighted by atomic mass is 10.2. The molecule has 0 saturated carbocycles. The highest BCUT2D eigenvalue weighted by atomic mass is 16.3. The molecule has 4 heteroatoms. The van der Waals surface area contributed by atoms with Gasteiger partial charge in [-0.3, -0.25) is 4.79 Å². The highest BCUT2D eigenvalue weighted by molar-refractivity contribution is 5.83. The quantitative estimate of drug-likeness (QED) is 0.627. The number of likely N-dealkylation sites (tertiary alicyclic amines) is 1. The average Bonchev–Trinajstić information content (AvgIpc) is 2.37. The van der Waals surface area contributed by atoms with E-state index in [0.717, 1.165) is 13.0 Å². The van der Waals surface area contributed by atoms with Gasteiger partial charge in [0.05, 0.1) is 6.04 Å². The lowest BCUT2D eigenvalue weighted by molar-refractivity contribution is -0.128. The Hall–Kier alpha value is -0.610. The fraction of sp³-hybridized carbons (Fsp3) is 0.889. The molecule has 0 spiro atoms. The van der Waals surface area contributed by atoms with Gasteiger partial charge in [-0.2, -0.15) is 0 Å². The molecule has 0 radical (unpaired) electrons. The van der Waals surface area contributed by atoms with Crippen LogP contribution in [0.5, 0.6) is 0 Å². The highest BCUT2D eigenvalue weighted by Crippen LogP contribution is 2.09. The minimum absolute atomic E-state index is 0.0356. The number of likely N-dealkylation sites (N-methyl/N-ethyl adjacent to an activating group) is 1. The first-order chi connectivity index (χ1) is 6.15. The van der Waals surface area contributed by atoms with Crippen LogP contribution in [-0.2, 0) is 4.79 Å². The predicted octanol–water partition coefficient (Wildman–Crippen LogP) is -0.422. The van der Waals surface area contributed by atoms with Crippen molar-refractivity contribution in [2.45, 2.75) is 31.8 Å². The van der Waals surface area contributed by atoms with Crippen molar-refractivity contribution in [1.29, 1.82) is 0 Å². The number of hydrogen-bond acceptors (Lipinski definition) is 3. The smallest absolute Gasteiger partial charge is 0.239 e. The van der Waals surface area contributed by atoms with Gasteiger partial charge in [0.2, 0.25) is 5.91 Å².